The van der Waals surface area contributed by atoms with Crippen molar-refractivity contribution in [2.24, 2.45) is 5.41 Å². The van der Waals surface area contributed by atoms with E-state index < -0.39 is 11.5 Å². The summed E-state index contributed by atoms with van der Waals surface area (Å²) >= 11 is 0. The second-order valence-corrected chi connectivity index (χ2v) is 5.17. The van der Waals surface area contributed by atoms with E-state index in [9.17, 15) is 4.79 Å². The topological polar surface area (TPSA) is 62.1 Å². The summed E-state index contributed by atoms with van der Waals surface area (Å²) in [6.07, 6.45) is 0. The molecule has 0 saturated heterocycles. The lowest BCUT2D eigenvalue weighted by Gasteiger charge is -2.33. The average molecular weight is 212 g/mol. The summed E-state index contributed by atoms with van der Waals surface area (Å²) in [5.74, 6) is -0.384. The van der Waals surface area contributed by atoms with Crippen LogP contribution in [0.1, 0.15) is 34.6 Å². The minimum absolute atomic E-state index is 0.217. The molecule has 0 bridgehead atoms. The maximum absolute atomic E-state index is 11.5. The Balaban J connectivity index is 4.83. The molecule has 0 amide bonds. The zero-order valence-electron chi connectivity index (χ0n) is 10.3. The van der Waals surface area contributed by atoms with Gasteiger partial charge in [-0.05, 0) is 34.6 Å². The first-order valence-corrected chi connectivity index (χ1v) is 4.91. The van der Waals surface area contributed by atoms with E-state index in [0.29, 0.717) is 0 Å². The Morgan fingerprint density at radius 1 is 1.33 bits per heavy atom. The summed E-state index contributed by atoms with van der Waals surface area (Å²) in [7, 11) is 1.33. The molecule has 0 rings (SSSR count). The van der Waals surface area contributed by atoms with Crippen molar-refractivity contribution in [3.8, 4) is 6.07 Å². The van der Waals surface area contributed by atoms with Gasteiger partial charge in [0.15, 0.2) is 0 Å². The molecule has 1 N–H and O–H groups in total. The van der Waals surface area contributed by atoms with Crippen molar-refractivity contribution in [1.29, 1.82) is 5.26 Å². The number of carbonyl (C=O) groups is 1. The van der Waals surface area contributed by atoms with Gasteiger partial charge in [-0.25, -0.2) is 0 Å². The van der Waals surface area contributed by atoms with E-state index in [2.05, 4.69) is 16.1 Å². The van der Waals surface area contributed by atoms with Gasteiger partial charge in [-0.2, -0.15) is 5.26 Å². The first kappa shape index (κ1) is 13.9. The number of hydrogen-bond acceptors (Lipinski definition) is 4. The fourth-order valence-corrected chi connectivity index (χ4v) is 1.19. The molecule has 0 aromatic rings. The van der Waals surface area contributed by atoms with Gasteiger partial charge in [-0.15, -0.1) is 0 Å². The molecule has 0 saturated carbocycles. The summed E-state index contributed by atoms with van der Waals surface area (Å²) in [5.41, 5.74) is -1.07. The van der Waals surface area contributed by atoms with Gasteiger partial charge in [0, 0.05) is 5.54 Å². The van der Waals surface area contributed by atoms with Crippen LogP contribution in [0.4, 0.5) is 0 Å². The van der Waals surface area contributed by atoms with Gasteiger partial charge >= 0.3 is 5.97 Å². The Hall–Kier alpha value is -1.08. The number of nitrogens with zero attached hydrogens (tertiary/aromatic N) is 1. The van der Waals surface area contributed by atoms with Gasteiger partial charge in [0.2, 0.25) is 0 Å². The number of rotatable bonds is 3. The number of hydrogen-bond donors (Lipinski definition) is 1. The van der Waals surface area contributed by atoms with Gasteiger partial charge in [0.1, 0.15) is 6.04 Å². The van der Waals surface area contributed by atoms with Crippen molar-refractivity contribution < 1.29 is 9.53 Å². The van der Waals surface area contributed by atoms with E-state index in [1.807, 2.05) is 20.8 Å². The molecule has 4 nitrogen and oxygen atoms in total. The molecule has 15 heavy (non-hydrogen) atoms. The normalized spacial score (nSPS) is 14.2. The first-order valence-electron chi connectivity index (χ1n) is 4.91. The minimum Gasteiger partial charge on any atom is -0.469 e. The van der Waals surface area contributed by atoms with Crippen molar-refractivity contribution in [1.82, 2.24) is 5.32 Å². The van der Waals surface area contributed by atoms with Crippen LogP contribution >= 0.6 is 0 Å². The van der Waals surface area contributed by atoms with Gasteiger partial charge in [-0.1, -0.05) is 0 Å². The molecule has 0 aromatic heterocycles. The molecule has 0 fully saturated rings. The van der Waals surface area contributed by atoms with Crippen molar-refractivity contribution in [3.63, 3.8) is 0 Å². The largest absolute Gasteiger partial charge is 0.469 e. The molecule has 0 aliphatic heterocycles. The zero-order valence-corrected chi connectivity index (χ0v) is 10.3. The SMILES string of the molecule is COC(=O)C(C)(C)C(C#N)NC(C)(C)C. The lowest BCUT2D eigenvalue weighted by molar-refractivity contribution is -0.151. The Morgan fingerprint density at radius 2 is 1.80 bits per heavy atom. The van der Waals surface area contributed by atoms with Crippen LogP contribution in [-0.2, 0) is 9.53 Å². The highest BCUT2D eigenvalue weighted by atomic mass is 16.5. The smallest absolute Gasteiger partial charge is 0.313 e. The number of nitrogens with one attached hydrogen (secondary N) is 1. The van der Waals surface area contributed by atoms with Crippen LogP contribution in [0, 0.1) is 16.7 Å². The van der Waals surface area contributed by atoms with Crippen molar-refractivity contribution >= 4 is 5.97 Å². The number of methoxy groups -OCH3 is 1. The number of esters is 1. The third kappa shape index (κ3) is 3.88. The third-order valence-corrected chi connectivity index (χ3v) is 2.14. The number of nitriles is 1. The van der Waals surface area contributed by atoms with Crippen LogP contribution in [0.25, 0.3) is 0 Å². The second-order valence-electron chi connectivity index (χ2n) is 5.17. The van der Waals surface area contributed by atoms with E-state index in [1.54, 1.807) is 13.8 Å². The summed E-state index contributed by atoms with van der Waals surface area (Å²) in [6.45, 7) is 9.25. The highest BCUT2D eigenvalue weighted by Crippen LogP contribution is 2.23. The predicted octanol–water partition coefficient (Wildman–Crippen LogP) is 1.47. The van der Waals surface area contributed by atoms with Crippen LogP contribution < -0.4 is 5.32 Å². The molecule has 1 atom stereocenters. The molecule has 86 valence electrons. The molecular formula is C11H20N2O2. The van der Waals surface area contributed by atoms with Gasteiger partial charge < -0.3 is 4.74 Å². The fraction of sp³-hybridized carbons (Fsp3) is 0.818. The van der Waals surface area contributed by atoms with E-state index in [4.69, 9.17) is 5.26 Å². The second kappa shape index (κ2) is 4.63. The van der Waals surface area contributed by atoms with E-state index >= 15 is 0 Å². The molecule has 1 unspecified atom stereocenters. The molecule has 0 aliphatic carbocycles. The Kier molecular flexibility index (Phi) is 4.29. The summed E-state index contributed by atoms with van der Waals surface area (Å²) in [5, 5.41) is 12.1. The quantitative estimate of drug-likeness (QED) is 0.719. The molecule has 4 heteroatoms. The summed E-state index contributed by atoms with van der Waals surface area (Å²) in [6, 6.07) is 1.54. The first-order chi connectivity index (χ1) is 6.65. The Labute approximate surface area is 91.6 Å². The van der Waals surface area contributed by atoms with Gasteiger partial charge in [-0.3, -0.25) is 10.1 Å². The van der Waals surface area contributed by atoms with Crippen molar-refractivity contribution in [3.05, 3.63) is 0 Å². The summed E-state index contributed by atoms with van der Waals surface area (Å²) in [4.78, 5) is 11.5. The van der Waals surface area contributed by atoms with Crippen LogP contribution in [-0.4, -0.2) is 24.7 Å². The van der Waals surface area contributed by atoms with E-state index in [-0.39, 0.29) is 11.5 Å². The number of ether oxygens (including phenoxy) is 1. The lowest BCUT2D eigenvalue weighted by Crippen LogP contribution is -2.52. The maximum atomic E-state index is 11.5. The van der Waals surface area contributed by atoms with E-state index in [1.165, 1.54) is 7.11 Å². The Morgan fingerprint density at radius 3 is 2.07 bits per heavy atom. The maximum Gasteiger partial charge on any atom is 0.313 e. The van der Waals surface area contributed by atoms with Gasteiger partial charge in [0.25, 0.3) is 0 Å². The molecule has 0 radical (unpaired) electrons. The fourth-order valence-electron chi connectivity index (χ4n) is 1.19. The van der Waals surface area contributed by atoms with Crippen LogP contribution in [0.2, 0.25) is 0 Å². The standard InChI is InChI=1S/C11H20N2O2/c1-10(2,3)13-8(7-12)11(4,5)9(14)15-6/h8,13H,1-6H3. The minimum atomic E-state index is -0.850. The van der Waals surface area contributed by atoms with Crippen molar-refractivity contribution in [2.45, 2.75) is 46.2 Å². The highest BCUT2D eigenvalue weighted by molar-refractivity contribution is 5.77. The molecular weight excluding hydrogens is 192 g/mol. The predicted molar refractivity (Wildman–Crippen MR) is 58.1 cm³/mol. The highest BCUT2D eigenvalue weighted by Gasteiger charge is 2.39. The number of carbonyl (C=O) groups excluding carboxylic acids is 1. The molecule has 0 aromatic carbocycles. The lowest BCUT2D eigenvalue weighted by atomic mass is 9.84. The summed E-state index contributed by atoms with van der Waals surface area (Å²) < 4.78 is 4.68. The molecule has 0 spiro atoms. The molecule has 0 heterocycles. The third-order valence-electron chi connectivity index (χ3n) is 2.14. The van der Waals surface area contributed by atoms with Crippen LogP contribution in [0.5, 0.6) is 0 Å². The monoisotopic (exact) mass is 212 g/mol. The zero-order chi connectivity index (χ0) is 12.3. The van der Waals surface area contributed by atoms with Gasteiger partial charge in [0.05, 0.1) is 18.6 Å². The average Bonchev–Trinajstić information content (AvgIpc) is 2.10. The van der Waals surface area contributed by atoms with Crippen LogP contribution in [0.3, 0.4) is 0 Å². The van der Waals surface area contributed by atoms with Crippen molar-refractivity contribution in [2.75, 3.05) is 7.11 Å². The Bertz CT molecular complexity index is 271. The molecule has 0 aliphatic rings. The van der Waals surface area contributed by atoms with E-state index in [0.717, 1.165) is 0 Å². The van der Waals surface area contributed by atoms with Crippen LogP contribution in [0.15, 0.2) is 0 Å².